The van der Waals surface area contributed by atoms with Crippen molar-refractivity contribution in [2.45, 2.75) is 80.8 Å². The topological polar surface area (TPSA) is 107 Å². The fraction of sp³-hybridized carbons (Fsp3) is 0.247. The van der Waals surface area contributed by atoms with Crippen LogP contribution >= 0.6 is 0 Å². The van der Waals surface area contributed by atoms with Crippen molar-refractivity contribution in [2.75, 3.05) is 13.9 Å². The van der Waals surface area contributed by atoms with Crippen molar-refractivity contribution in [3.8, 4) is 73.5 Å². The van der Waals surface area contributed by atoms with E-state index in [0.717, 1.165) is 74.9 Å². The second kappa shape index (κ2) is 30.4. The second-order valence-corrected chi connectivity index (χ2v) is 24.2. The minimum absolute atomic E-state index is 0.00354. The summed E-state index contributed by atoms with van der Waals surface area (Å²) in [6, 6.07) is 44.0. The Morgan fingerprint density at radius 3 is 1.65 bits per heavy atom. The first kappa shape index (κ1) is 71.2. The molecule has 0 saturated heterocycles. The molecule has 17 heteroatoms. The molecule has 0 fully saturated rings. The predicted molar refractivity (Wildman–Crippen MR) is 357 cm³/mol. The molecule has 0 spiro atoms. The van der Waals surface area contributed by atoms with Gasteiger partial charge in [0.15, 0.2) is 48.3 Å². The van der Waals surface area contributed by atoms with Crippen LogP contribution in [0.15, 0.2) is 183 Å². The number of alkyl halides is 3. The van der Waals surface area contributed by atoms with E-state index in [1.54, 1.807) is 51.5 Å². The number of ketones is 1. The van der Waals surface area contributed by atoms with Crippen molar-refractivity contribution in [2.24, 2.45) is 35.2 Å². The Balaban J connectivity index is 0.000000167. The molecule has 5 aromatic carbocycles. The van der Waals surface area contributed by atoms with Crippen molar-refractivity contribution in [1.82, 2.24) is 0 Å². The number of hydrogen-bond donors (Lipinski definition) is 0. The lowest BCUT2D eigenvalue weighted by Gasteiger charge is -2.19. The van der Waals surface area contributed by atoms with Gasteiger partial charge in [-0.2, -0.15) is 13.2 Å². The average Bonchev–Trinajstić information content (AvgIpc) is 1.33. The molecule has 5 aromatic heterocycles. The molecule has 1 aliphatic heterocycles. The van der Waals surface area contributed by atoms with Gasteiger partial charge in [0.1, 0.15) is 58.2 Å². The molecular formula is C77H82F5N6O6+5. The van der Waals surface area contributed by atoms with Crippen molar-refractivity contribution < 1.29 is 68.7 Å². The van der Waals surface area contributed by atoms with Crippen LogP contribution in [0, 0.1) is 63.3 Å². The minimum atomic E-state index is -4.33. The summed E-state index contributed by atoms with van der Waals surface area (Å²) in [5.41, 5.74) is 17.3. The van der Waals surface area contributed by atoms with Crippen LogP contribution in [0.4, 0.5) is 27.6 Å². The molecule has 94 heavy (non-hydrogen) atoms. The highest BCUT2D eigenvalue weighted by Gasteiger charge is 2.34. The minimum Gasteiger partial charge on any atom is -0.497 e. The summed E-state index contributed by atoms with van der Waals surface area (Å²) in [7, 11) is 11.0. The van der Waals surface area contributed by atoms with Crippen molar-refractivity contribution >= 4 is 17.5 Å². The molecular weight excluding hydrogens is 1200 g/mol. The Kier molecular flexibility index (Phi) is 23.0. The van der Waals surface area contributed by atoms with Crippen LogP contribution in [0.2, 0.25) is 0 Å². The van der Waals surface area contributed by atoms with E-state index in [2.05, 4.69) is 138 Å². The van der Waals surface area contributed by atoms with E-state index in [9.17, 15) is 36.9 Å². The first-order chi connectivity index (χ1) is 44.3. The Morgan fingerprint density at radius 1 is 0.564 bits per heavy atom. The normalized spacial score (nSPS) is 11.3. The Hall–Kier alpha value is -10.3. The lowest BCUT2D eigenvalue weighted by Crippen LogP contribution is -2.32. The highest BCUT2D eigenvalue weighted by Crippen LogP contribution is 2.39. The summed E-state index contributed by atoms with van der Waals surface area (Å²) >= 11 is 0. The van der Waals surface area contributed by atoms with Crippen LogP contribution < -0.4 is 37.0 Å². The van der Waals surface area contributed by atoms with Gasteiger partial charge in [0.05, 0.1) is 34.3 Å². The lowest BCUT2D eigenvalue weighted by molar-refractivity contribution is -0.661. The molecule has 0 saturated carbocycles. The summed E-state index contributed by atoms with van der Waals surface area (Å²) in [4.78, 5) is 22.4. The zero-order chi connectivity index (χ0) is 69.1. The van der Waals surface area contributed by atoms with Crippen molar-refractivity contribution in [1.29, 1.82) is 0 Å². The maximum atomic E-state index is 13.7. The maximum absolute atomic E-state index is 13.7. The van der Waals surface area contributed by atoms with Gasteiger partial charge in [-0.1, -0.05) is 51.1 Å². The quantitative estimate of drug-likeness (QED) is 0.0468. The average molecular weight is 1280 g/mol. The van der Waals surface area contributed by atoms with Gasteiger partial charge in [-0.25, -0.2) is 31.6 Å². The van der Waals surface area contributed by atoms with Crippen LogP contribution in [-0.4, -0.2) is 24.6 Å². The summed E-state index contributed by atoms with van der Waals surface area (Å²) in [6.07, 6.45) is 6.05. The number of benzene rings is 5. The molecule has 10 aromatic rings. The number of nitrogens with zero attached hydrogens (tertiary/aromatic N) is 6. The maximum Gasteiger partial charge on any atom is 0.422 e. The number of pyridine rings is 5. The molecule has 11 rings (SSSR count). The van der Waals surface area contributed by atoms with Crippen LogP contribution in [0.5, 0.6) is 17.2 Å². The van der Waals surface area contributed by atoms with Gasteiger partial charge in [-0.3, -0.25) is 14.9 Å². The lowest BCUT2D eigenvalue weighted by atomic mass is 9.86. The fourth-order valence-electron chi connectivity index (χ4n) is 10.8. The summed E-state index contributed by atoms with van der Waals surface area (Å²) in [5.74, 6) is 1.27. The van der Waals surface area contributed by atoms with E-state index >= 15 is 0 Å². The van der Waals surface area contributed by atoms with Crippen LogP contribution in [0.1, 0.15) is 88.1 Å². The number of rotatable bonds is 9. The molecule has 0 amide bonds. The third-order valence-corrected chi connectivity index (χ3v) is 16.1. The number of hydrogen-bond acceptors (Lipinski definition) is 6. The van der Waals surface area contributed by atoms with E-state index in [0.29, 0.717) is 29.0 Å². The van der Waals surface area contributed by atoms with E-state index < -0.39 is 28.3 Å². The monoisotopic (exact) mass is 1280 g/mol. The number of carbonyl (C=O) groups excluding carboxylic acids is 1. The van der Waals surface area contributed by atoms with Gasteiger partial charge in [-0.05, 0) is 154 Å². The molecule has 0 atom stereocenters. The highest BCUT2D eigenvalue weighted by molar-refractivity contribution is 5.94. The number of Topliss-reactive ketones (excluding diaryl/α,β-unsaturated/α-hetero) is 1. The highest BCUT2D eigenvalue weighted by atomic mass is 19.4. The van der Waals surface area contributed by atoms with Gasteiger partial charge >= 0.3 is 6.18 Å². The Bertz CT molecular complexity index is 4440. The second-order valence-electron chi connectivity index (χ2n) is 24.2. The van der Waals surface area contributed by atoms with Gasteiger partial charge in [0.25, 0.3) is 5.69 Å². The zero-order valence-electron chi connectivity index (χ0n) is 56.3. The van der Waals surface area contributed by atoms with E-state index in [-0.39, 0.29) is 16.9 Å². The molecule has 6 heterocycles. The number of ether oxygens (including phenoxy) is 3. The van der Waals surface area contributed by atoms with Crippen molar-refractivity contribution in [3.05, 3.63) is 261 Å². The summed E-state index contributed by atoms with van der Waals surface area (Å²) in [5, 5.41) is 11.2. The zero-order valence-corrected chi connectivity index (χ0v) is 56.3. The van der Waals surface area contributed by atoms with Crippen LogP contribution in [-0.2, 0) is 46.8 Å². The smallest absolute Gasteiger partial charge is 0.422 e. The van der Waals surface area contributed by atoms with E-state index in [1.165, 1.54) is 80.5 Å². The summed E-state index contributed by atoms with van der Waals surface area (Å²) in [6.45, 7) is 24.0. The van der Waals surface area contributed by atoms with Gasteiger partial charge in [0.2, 0.25) is 35.3 Å². The number of halogens is 5. The van der Waals surface area contributed by atoms with Gasteiger partial charge in [-0.15, -0.1) is 0 Å². The third kappa shape index (κ3) is 17.4. The number of methoxy groups -OCH3 is 1. The molecule has 486 valence electrons. The third-order valence-electron chi connectivity index (χ3n) is 16.1. The Morgan fingerprint density at radius 2 is 1.11 bits per heavy atom. The molecule has 0 unspecified atom stereocenters. The number of fused-ring (bicyclic) bond motifs is 1. The van der Waals surface area contributed by atoms with E-state index in [4.69, 9.17) is 14.2 Å². The first-order valence-corrected chi connectivity index (χ1v) is 30.3. The van der Waals surface area contributed by atoms with Crippen LogP contribution in [0.3, 0.4) is 0 Å². The molecule has 1 aliphatic rings. The molecule has 0 bridgehead atoms. The molecule has 0 aliphatic carbocycles. The molecule has 12 nitrogen and oxygen atoms in total. The number of nitro groups is 1. The largest absolute Gasteiger partial charge is 0.497 e. The molecule has 0 N–H and O–H groups in total. The number of aryl methyl sites for hydroxylation is 11. The van der Waals surface area contributed by atoms with Gasteiger partial charge in [0, 0.05) is 83.4 Å². The number of aromatic nitrogens is 5. The summed E-state index contributed by atoms with van der Waals surface area (Å²) < 4.78 is 90.2. The SMILES string of the molecule is C=Cc1cc(C)c(-c2cc(C(C)=O)cc[n+]2C)cc1[N+](=O)[O-].COc1ccc(-c2ccc(C(F)(F)F)c[n+]2C)c(C)c1.Cc1cc(F)cc(F)c1-c1cccc[n+]1C.Cc1cc2c(cc1-c1cc(C(C)(C)C)cc[n+]1C)OCO2.Cc1ccc(-c2cccc[n+]2C)c(C)c1. The van der Waals surface area contributed by atoms with E-state index in [1.807, 2.05) is 79.7 Å². The van der Waals surface area contributed by atoms with Crippen molar-refractivity contribution in [3.63, 3.8) is 0 Å². The first-order valence-electron chi connectivity index (χ1n) is 30.3. The standard InChI is InChI=1S/C18H22NO2.C17H17N2O3.C15H15F3NO.C14H16N.C13H12F2N/c1-12-8-16-17(21-11-20-16)10-14(12)15-9-13(18(2,3)4)6-7-19(15)5;1-5-13-8-11(2)15(10-16(13)19(21)22)17-9-14(12(3)20)6-7-18(17)4;1-10-8-12(20-3)5-6-13(10)14-7-4-11(9-19(14)2)15(16,17)18;1-11-7-8-13(12(2)10-11)14-6-4-5-9-15(14)3;1-9-7-10(14)8-11(15)13(9)12-5-3-4-6-16(12)2/h6-10H,11H2,1-5H3;5-10H,1H2,2-4H3;4-9H,1-3H3;4-10H,1-3H3;3-8H,1-2H3/q5*+1. The Labute approximate surface area is 547 Å². The fourth-order valence-corrected chi connectivity index (χ4v) is 10.8. The van der Waals surface area contributed by atoms with Crippen LogP contribution in [0.25, 0.3) is 62.4 Å². The predicted octanol–water partition coefficient (Wildman–Crippen LogP) is 15.8. The van der Waals surface area contributed by atoms with Gasteiger partial charge < -0.3 is 14.2 Å². The number of carbonyl (C=O) groups is 1. The number of nitro benzene ring substituents is 1. The molecule has 0 radical (unpaired) electrons.